The molecule has 0 spiro atoms. The lowest BCUT2D eigenvalue weighted by molar-refractivity contribution is -0.153. The van der Waals surface area contributed by atoms with Crippen molar-refractivity contribution in [3.8, 4) is 11.8 Å². The highest BCUT2D eigenvalue weighted by Crippen LogP contribution is 2.55. The standard InChI is InChI=1S/C22H23N3O5/c1-4-30-21(28)22(12-23)17-10-9-14(13(2)26)11-25(17)19(20(24)27)18(22)15-7-5-6-8-16(15)29-3/h5-11,17-19H,4H2,1-3H3,(H2,24,27). The van der Waals surface area contributed by atoms with Crippen LogP contribution in [0.25, 0.3) is 0 Å². The maximum atomic E-state index is 13.2. The lowest BCUT2D eigenvalue weighted by Gasteiger charge is -2.32. The number of carbonyl (C=O) groups is 3. The van der Waals surface area contributed by atoms with Crippen molar-refractivity contribution >= 4 is 17.7 Å². The summed E-state index contributed by atoms with van der Waals surface area (Å²) < 4.78 is 10.8. The number of nitriles is 1. The molecule has 0 saturated carbocycles. The minimum Gasteiger partial charge on any atom is -0.496 e. The fourth-order valence-corrected chi connectivity index (χ4v) is 4.36. The predicted molar refractivity (Wildman–Crippen MR) is 107 cm³/mol. The molecule has 4 atom stereocenters. The highest BCUT2D eigenvalue weighted by molar-refractivity contribution is 5.97. The van der Waals surface area contributed by atoms with E-state index in [0.29, 0.717) is 16.9 Å². The van der Waals surface area contributed by atoms with Crippen LogP contribution in [0.5, 0.6) is 5.75 Å². The van der Waals surface area contributed by atoms with E-state index in [1.54, 1.807) is 43.3 Å². The molecule has 8 nitrogen and oxygen atoms in total. The smallest absolute Gasteiger partial charge is 0.329 e. The monoisotopic (exact) mass is 409 g/mol. The number of fused-ring (bicyclic) bond motifs is 1. The molecule has 2 aliphatic rings. The number of allylic oxidation sites excluding steroid dienone is 2. The number of hydrogen-bond acceptors (Lipinski definition) is 7. The number of benzene rings is 1. The normalized spacial score (nSPS) is 26.9. The third kappa shape index (κ3) is 3.03. The molecule has 8 heteroatoms. The number of hydrogen-bond donors (Lipinski definition) is 1. The van der Waals surface area contributed by atoms with Crippen LogP contribution in [-0.2, 0) is 19.1 Å². The highest BCUT2D eigenvalue weighted by atomic mass is 16.5. The summed E-state index contributed by atoms with van der Waals surface area (Å²) in [5.74, 6) is -2.27. The third-order valence-corrected chi connectivity index (χ3v) is 5.63. The van der Waals surface area contributed by atoms with Gasteiger partial charge in [0.25, 0.3) is 0 Å². The number of ether oxygens (including phenoxy) is 2. The number of para-hydroxylation sites is 1. The Balaban J connectivity index is 2.33. The zero-order valence-corrected chi connectivity index (χ0v) is 17.0. The van der Waals surface area contributed by atoms with Crippen molar-refractivity contribution in [1.82, 2.24) is 4.90 Å². The lowest BCUT2D eigenvalue weighted by Crippen LogP contribution is -2.45. The summed E-state index contributed by atoms with van der Waals surface area (Å²) >= 11 is 0. The van der Waals surface area contributed by atoms with Gasteiger partial charge in [-0.1, -0.05) is 30.4 Å². The topological polar surface area (TPSA) is 123 Å². The summed E-state index contributed by atoms with van der Waals surface area (Å²) in [6.45, 7) is 3.10. The second kappa shape index (κ2) is 8.03. The molecule has 3 rings (SSSR count). The van der Waals surface area contributed by atoms with Crippen LogP contribution in [0.3, 0.4) is 0 Å². The van der Waals surface area contributed by atoms with Crippen molar-refractivity contribution < 1.29 is 23.9 Å². The summed E-state index contributed by atoms with van der Waals surface area (Å²) in [5, 5.41) is 10.3. The number of primary amides is 1. The van der Waals surface area contributed by atoms with E-state index in [2.05, 4.69) is 6.07 Å². The first-order chi connectivity index (χ1) is 14.3. The molecular formula is C22H23N3O5. The number of carbonyl (C=O) groups excluding carboxylic acids is 3. The van der Waals surface area contributed by atoms with E-state index in [1.165, 1.54) is 25.1 Å². The van der Waals surface area contributed by atoms with Gasteiger partial charge >= 0.3 is 5.97 Å². The Kier molecular flexibility index (Phi) is 5.65. The first kappa shape index (κ1) is 21.1. The lowest BCUT2D eigenvalue weighted by atomic mass is 9.68. The second-order valence-corrected chi connectivity index (χ2v) is 7.16. The van der Waals surface area contributed by atoms with Crippen LogP contribution in [0, 0.1) is 16.7 Å². The summed E-state index contributed by atoms with van der Waals surface area (Å²) in [4.78, 5) is 39.3. The molecule has 1 aromatic rings. The van der Waals surface area contributed by atoms with Crippen molar-refractivity contribution in [3.63, 3.8) is 0 Å². The molecule has 156 valence electrons. The van der Waals surface area contributed by atoms with Gasteiger partial charge in [-0.15, -0.1) is 0 Å². The quantitative estimate of drug-likeness (QED) is 0.705. The third-order valence-electron chi connectivity index (χ3n) is 5.63. The van der Waals surface area contributed by atoms with Gasteiger partial charge in [0.05, 0.1) is 25.8 Å². The van der Waals surface area contributed by atoms with Crippen LogP contribution < -0.4 is 10.5 Å². The van der Waals surface area contributed by atoms with E-state index in [0.717, 1.165) is 0 Å². The van der Waals surface area contributed by atoms with Gasteiger partial charge in [-0.3, -0.25) is 14.4 Å². The fourth-order valence-electron chi connectivity index (χ4n) is 4.36. The first-order valence-corrected chi connectivity index (χ1v) is 9.52. The molecule has 2 heterocycles. The largest absolute Gasteiger partial charge is 0.496 e. The molecule has 4 unspecified atom stereocenters. The summed E-state index contributed by atoms with van der Waals surface area (Å²) in [7, 11) is 1.46. The minimum atomic E-state index is -1.78. The Bertz CT molecular complexity index is 993. The zero-order chi connectivity index (χ0) is 22.1. The Hall–Kier alpha value is -3.60. The van der Waals surface area contributed by atoms with Crippen molar-refractivity contribution in [2.24, 2.45) is 11.1 Å². The maximum Gasteiger partial charge on any atom is 0.329 e. The number of Topliss-reactive ketones (excluding diaryl/α,β-unsaturated/α-hetero) is 1. The highest BCUT2D eigenvalue weighted by Gasteiger charge is 2.66. The van der Waals surface area contributed by atoms with Gasteiger partial charge < -0.3 is 20.1 Å². The number of nitrogens with zero attached hydrogens (tertiary/aromatic N) is 2. The number of methoxy groups -OCH3 is 1. The van der Waals surface area contributed by atoms with Crippen molar-refractivity contribution in [2.75, 3.05) is 13.7 Å². The molecule has 1 amide bonds. The predicted octanol–water partition coefficient (Wildman–Crippen LogP) is 1.43. The van der Waals surface area contributed by atoms with Crippen molar-refractivity contribution in [1.29, 1.82) is 5.26 Å². The molecule has 30 heavy (non-hydrogen) atoms. The van der Waals surface area contributed by atoms with Crippen LogP contribution in [0.1, 0.15) is 25.3 Å². The van der Waals surface area contributed by atoms with E-state index in [4.69, 9.17) is 15.2 Å². The SMILES string of the molecule is CCOC(=O)C1(C#N)C(c2ccccc2OC)C(C(N)=O)N2C=C(C(C)=O)C=CC21. The molecule has 0 aromatic heterocycles. The average Bonchev–Trinajstić information content (AvgIpc) is 3.04. The van der Waals surface area contributed by atoms with Crippen LogP contribution in [0.4, 0.5) is 0 Å². The van der Waals surface area contributed by atoms with Crippen LogP contribution in [0.2, 0.25) is 0 Å². The van der Waals surface area contributed by atoms with Gasteiger partial charge in [-0.05, 0) is 19.9 Å². The molecule has 1 fully saturated rings. The molecule has 1 aromatic carbocycles. The van der Waals surface area contributed by atoms with E-state index in [1.807, 2.05) is 0 Å². The van der Waals surface area contributed by atoms with Crippen molar-refractivity contribution in [2.45, 2.75) is 31.8 Å². The van der Waals surface area contributed by atoms with Gasteiger partial charge in [0.15, 0.2) is 11.2 Å². The molecular weight excluding hydrogens is 386 g/mol. The number of nitrogens with two attached hydrogens (primary N) is 1. The first-order valence-electron chi connectivity index (χ1n) is 9.52. The van der Waals surface area contributed by atoms with Gasteiger partial charge in [-0.25, -0.2) is 0 Å². The summed E-state index contributed by atoms with van der Waals surface area (Å²) in [5.41, 5.74) is 4.82. The van der Waals surface area contributed by atoms with Crippen LogP contribution in [0.15, 0.2) is 48.2 Å². The summed E-state index contributed by atoms with van der Waals surface area (Å²) in [6.07, 6.45) is 4.63. The van der Waals surface area contributed by atoms with Crippen LogP contribution >= 0.6 is 0 Å². The van der Waals surface area contributed by atoms with Gasteiger partial charge in [-0.2, -0.15) is 5.26 Å². The van der Waals surface area contributed by atoms with E-state index in [9.17, 15) is 19.6 Å². The fraction of sp³-hybridized carbons (Fsp3) is 0.364. The second-order valence-electron chi connectivity index (χ2n) is 7.16. The Morgan fingerprint density at radius 3 is 2.57 bits per heavy atom. The minimum absolute atomic E-state index is 0.0626. The zero-order valence-electron chi connectivity index (χ0n) is 17.0. The molecule has 2 aliphatic heterocycles. The number of ketones is 1. The summed E-state index contributed by atoms with van der Waals surface area (Å²) in [6, 6.07) is 7.08. The average molecular weight is 409 g/mol. The molecule has 0 aliphatic carbocycles. The Labute approximate surface area is 174 Å². The van der Waals surface area contributed by atoms with E-state index >= 15 is 0 Å². The van der Waals surface area contributed by atoms with Crippen molar-refractivity contribution in [3.05, 3.63) is 53.8 Å². The Morgan fingerprint density at radius 2 is 2.00 bits per heavy atom. The van der Waals surface area contributed by atoms with Gasteiger partial charge in [0.1, 0.15) is 11.8 Å². The van der Waals surface area contributed by atoms with Gasteiger partial charge in [0, 0.05) is 23.3 Å². The number of rotatable bonds is 6. The maximum absolute atomic E-state index is 13.2. The van der Waals surface area contributed by atoms with E-state index in [-0.39, 0.29) is 12.4 Å². The van der Waals surface area contributed by atoms with Crippen LogP contribution in [-0.4, -0.2) is 48.4 Å². The molecule has 0 radical (unpaired) electrons. The Morgan fingerprint density at radius 1 is 1.30 bits per heavy atom. The molecule has 1 saturated heterocycles. The van der Waals surface area contributed by atoms with E-state index < -0.39 is 35.3 Å². The van der Waals surface area contributed by atoms with Gasteiger partial charge in [0.2, 0.25) is 5.91 Å². The number of esters is 1. The number of amides is 1. The molecule has 2 N–H and O–H groups in total. The molecule has 0 bridgehead atoms.